The van der Waals surface area contributed by atoms with Crippen molar-refractivity contribution in [3.63, 3.8) is 0 Å². The molecular weight excluding hydrogens is 398 g/mol. The molecule has 1 aliphatic rings. The van der Waals surface area contributed by atoms with Crippen LogP contribution in [-0.4, -0.2) is 59.3 Å². The van der Waals surface area contributed by atoms with Crippen LogP contribution in [0.25, 0.3) is 0 Å². The van der Waals surface area contributed by atoms with Crippen molar-refractivity contribution in [2.24, 2.45) is 11.7 Å². The first kappa shape index (κ1) is 24.3. The lowest BCUT2D eigenvalue weighted by molar-refractivity contribution is -0.142. The molecule has 0 bridgehead atoms. The fourth-order valence-corrected chi connectivity index (χ4v) is 3.85. The van der Waals surface area contributed by atoms with Crippen molar-refractivity contribution in [1.29, 1.82) is 5.41 Å². The highest BCUT2D eigenvalue weighted by Crippen LogP contribution is 2.27. The van der Waals surface area contributed by atoms with Gasteiger partial charge >= 0.3 is 5.97 Å². The molecule has 6 N–H and O–H groups in total. The Kier molecular flexibility index (Phi) is 8.99. The predicted octanol–water partition coefficient (Wildman–Crippen LogP) is 1.06. The smallest absolute Gasteiger partial charge is 0.317 e. The van der Waals surface area contributed by atoms with E-state index in [0.717, 1.165) is 37.7 Å². The van der Waals surface area contributed by atoms with Crippen LogP contribution in [0.15, 0.2) is 24.3 Å². The Balaban J connectivity index is 1.97. The number of amides is 2. The minimum atomic E-state index is -1.02. The largest absolute Gasteiger partial charge is 0.480 e. The van der Waals surface area contributed by atoms with Crippen molar-refractivity contribution in [3.8, 4) is 0 Å². The van der Waals surface area contributed by atoms with Crippen molar-refractivity contribution in [2.45, 2.75) is 57.7 Å². The van der Waals surface area contributed by atoms with Gasteiger partial charge in [-0.3, -0.25) is 25.1 Å². The van der Waals surface area contributed by atoms with Crippen LogP contribution in [0.1, 0.15) is 50.2 Å². The molecule has 1 saturated carbocycles. The fourth-order valence-electron chi connectivity index (χ4n) is 3.85. The molecule has 0 heterocycles. The number of carboxylic acid groups (broad SMARTS) is 1. The number of rotatable bonds is 10. The summed E-state index contributed by atoms with van der Waals surface area (Å²) in [5, 5.41) is 22.2. The number of carbonyl (C=O) groups excluding carboxylic acids is 2. The van der Waals surface area contributed by atoms with Gasteiger partial charge in [-0.2, -0.15) is 0 Å². The molecule has 170 valence electrons. The topological polar surface area (TPSA) is 149 Å². The number of likely N-dealkylation sites (N-methyl/N-ethyl adjacent to an activating group) is 1. The van der Waals surface area contributed by atoms with Gasteiger partial charge in [-0.15, -0.1) is 0 Å². The highest BCUT2D eigenvalue weighted by Gasteiger charge is 2.34. The molecular formula is C22H33N5O4. The summed E-state index contributed by atoms with van der Waals surface area (Å²) in [5.74, 6) is -1.53. The third-order valence-electron chi connectivity index (χ3n) is 5.90. The summed E-state index contributed by atoms with van der Waals surface area (Å²) in [6, 6.07) is 5.67. The number of nitrogens with two attached hydrogens (primary N) is 1. The number of nitrogens with zero attached hydrogens (tertiary/aromatic N) is 1. The maximum atomic E-state index is 13.1. The van der Waals surface area contributed by atoms with Crippen LogP contribution in [0.4, 0.5) is 0 Å². The third kappa shape index (κ3) is 7.06. The average Bonchev–Trinajstić information content (AvgIpc) is 2.77. The van der Waals surface area contributed by atoms with Crippen LogP contribution >= 0.6 is 0 Å². The fraction of sp³-hybridized carbons (Fsp3) is 0.545. The van der Waals surface area contributed by atoms with E-state index in [1.54, 1.807) is 38.2 Å². The molecule has 31 heavy (non-hydrogen) atoms. The zero-order chi connectivity index (χ0) is 23.0. The number of nitrogens with one attached hydrogen (secondary N) is 3. The first-order valence-corrected chi connectivity index (χ1v) is 10.6. The summed E-state index contributed by atoms with van der Waals surface area (Å²) in [5.41, 5.74) is 6.90. The number of aliphatic carboxylic acids is 1. The van der Waals surface area contributed by atoms with Crippen molar-refractivity contribution in [3.05, 3.63) is 35.4 Å². The van der Waals surface area contributed by atoms with Gasteiger partial charge in [-0.1, -0.05) is 43.5 Å². The molecule has 0 saturated heterocycles. The van der Waals surface area contributed by atoms with Crippen molar-refractivity contribution in [2.75, 3.05) is 13.6 Å². The molecule has 0 spiro atoms. The van der Waals surface area contributed by atoms with Gasteiger partial charge in [-0.25, -0.2) is 0 Å². The van der Waals surface area contributed by atoms with E-state index in [0.29, 0.717) is 5.56 Å². The molecule has 2 amide bonds. The summed E-state index contributed by atoms with van der Waals surface area (Å²) in [6.45, 7) is 1.64. The molecule has 9 heteroatoms. The van der Waals surface area contributed by atoms with Crippen molar-refractivity contribution < 1.29 is 19.5 Å². The van der Waals surface area contributed by atoms with Crippen LogP contribution in [0.5, 0.6) is 0 Å². The summed E-state index contributed by atoms with van der Waals surface area (Å²) in [7, 11) is 1.58. The SMILES string of the molecule is C[C@@H](C(=O)NCc1ccc(C(=N)N)cc1)N(C)C(=O)[C@H](NCC(=O)O)C1CCCCC1. The van der Waals surface area contributed by atoms with Crippen molar-refractivity contribution >= 4 is 23.6 Å². The first-order chi connectivity index (χ1) is 14.7. The molecule has 0 aromatic heterocycles. The van der Waals surface area contributed by atoms with Crippen LogP contribution in [0.2, 0.25) is 0 Å². The number of carbonyl (C=O) groups is 3. The van der Waals surface area contributed by atoms with Crippen LogP contribution in [-0.2, 0) is 20.9 Å². The van der Waals surface area contributed by atoms with Crippen LogP contribution in [0.3, 0.4) is 0 Å². The van der Waals surface area contributed by atoms with E-state index in [2.05, 4.69) is 10.6 Å². The van der Waals surface area contributed by atoms with Gasteiger partial charge in [0.2, 0.25) is 11.8 Å². The van der Waals surface area contributed by atoms with Crippen LogP contribution < -0.4 is 16.4 Å². The molecule has 0 radical (unpaired) electrons. The standard InChI is InChI=1S/C22H33N5O4/c1-14(21(30)26-12-15-8-10-17(11-9-15)20(23)24)27(2)22(31)19(25-13-18(28)29)16-6-4-3-5-7-16/h8-11,14,16,19,25H,3-7,12-13H2,1-2H3,(H3,23,24)(H,26,30)(H,28,29)/t14-,19+/m0/s1. The Labute approximate surface area is 182 Å². The molecule has 9 nitrogen and oxygen atoms in total. The zero-order valence-corrected chi connectivity index (χ0v) is 18.2. The van der Waals surface area contributed by atoms with Gasteiger partial charge in [0.25, 0.3) is 0 Å². The third-order valence-corrected chi connectivity index (χ3v) is 5.90. The second-order valence-corrected chi connectivity index (χ2v) is 8.10. The summed E-state index contributed by atoms with van der Waals surface area (Å²) in [4.78, 5) is 38.2. The summed E-state index contributed by atoms with van der Waals surface area (Å²) >= 11 is 0. The lowest BCUT2D eigenvalue weighted by Crippen LogP contribution is -2.55. The van der Waals surface area contributed by atoms with E-state index in [9.17, 15) is 14.4 Å². The second kappa shape index (κ2) is 11.5. The van der Waals surface area contributed by atoms with Gasteiger partial charge in [0, 0.05) is 19.2 Å². The van der Waals surface area contributed by atoms with Gasteiger partial charge in [0.1, 0.15) is 11.9 Å². The number of carboxylic acids is 1. The number of benzene rings is 1. The lowest BCUT2D eigenvalue weighted by atomic mass is 9.83. The van der Waals surface area contributed by atoms with Crippen LogP contribution in [0, 0.1) is 11.3 Å². The second-order valence-electron chi connectivity index (χ2n) is 8.10. The molecule has 1 aromatic rings. The molecule has 0 aliphatic heterocycles. The van der Waals surface area contributed by atoms with E-state index in [1.165, 1.54) is 4.90 Å². The number of hydrogen-bond acceptors (Lipinski definition) is 5. The number of nitrogen functional groups attached to an aromatic ring is 1. The molecule has 1 aliphatic carbocycles. The Bertz CT molecular complexity index is 790. The predicted molar refractivity (Wildman–Crippen MR) is 118 cm³/mol. The summed E-state index contributed by atoms with van der Waals surface area (Å²) in [6.07, 6.45) is 4.90. The van der Waals surface area contributed by atoms with E-state index in [4.69, 9.17) is 16.2 Å². The molecule has 1 aromatic carbocycles. The van der Waals surface area contributed by atoms with Gasteiger partial charge in [0.15, 0.2) is 0 Å². The maximum absolute atomic E-state index is 13.1. The van der Waals surface area contributed by atoms with Gasteiger partial charge in [0.05, 0.1) is 12.6 Å². The van der Waals surface area contributed by atoms with E-state index >= 15 is 0 Å². The van der Waals surface area contributed by atoms with Gasteiger partial charge in [-0.05, 0) is 31.2 Å². The molecule has 0 unspecified atom stereocenters. The number of amidine groups is 1. The first-order valence-electron chi connectivity index (χ1n) is 10.6. The molecule has 2 atom stereocenters. The van der Waals surface area contributed by atoms with E-state index in [-0.39, 0.29) is 36.7 Å². The van der Waals surface area contributed by atoms with E-state index < -0.39 is 18.1 Å². The van der Waals surface area contributed by atoms with Gasteiger partial charge < -0.3 is 21.1 Å². The Morgan fingerprint density at radius 3 is 2.35 bits per heavy atom. The minimum absolute atomic E-state index is 0.0200. The Morgan fingerprint density at radius 2 is 1.81 bits per heavy atom. The monoisotopic (exact) mass is 431 g/mol. The summed E-state index contributed by atoms with van der Waals surface area (Å²) < 4.78 is 0. The highest BCUT2D eigenvalue weighted by atomic mass is 16.4. The quantitative estimate of drug-likeness (QED) is 0.276. The van der Waals surface area contributed by atoms with Crippen molar-refractivity contribution in [1.82, 2.24) is 15.5 Å². The normalized spacial score (nSPS) is 16.2. The average molecular weight is 432 g/mol. The zero-order valence-electron chi connectivity index (χ0n) is 18.2. The minimum Gasteiger partial charge on any atom is -0.480 e. The maximum Gasteiger partial charge on any atom is 0.317 e. The number of hydrogen-bond donors (Lipinski definition) is 5. The molecule has 2 rings (SSSR count). The Hall–Kier alpha value is -2.94. The Morgan fingerprint density at radius 1 is 1.19 bits per heavy atom. The lowest BCUT2D eigenvalue weighted by Gasteiger charge is -2.34. The highest BCUT2D eigenvalue weighted by molar-refractivity contribution is 5.95. The molecule has 1 fully saturated rings. The van der Waals surface area contributed by atoms with E-state index in [1.807, 2.05) is 0 Å².